The van der Waals surface area contributed by atoms with Crippen LogP contribution in [-0.2, 0) is 21.4 Å². The lowest BCUT2D eigenvalue weighted by atomic mass is 9.74. The van der Waals surface area contributed by atoms with Crippen molar-refractivity contribution in [1.82, 2.24) is 20.4 Å². The summed E-state index contributed by atoms with van der Waals surface area (Å²) in [6.07, 6.45) is 5.47. The van der Waals surface area contributed by atoms with E-state index in [0.29, 0.717) is 37.9 Å². The van der Waals surface area contributed by atoms with Crippen molar-refractivity contribution in [2.75, 3.05) is 19.8 Å². The molecule has 0 bridgehead atoms. The zero-order valence-electron chi connectivity index (χ0n) is 16.5. The Kier molecular flexibility index (Phi) is 6.13. The lowest BCUT2D eigenvalue weighted by Crippen LogP contribution is -2.44. The smallest absolute Gasteiger partial charge is 0.227 e. The summed E-state index contributed by atoms with van der Waals surface area (Å²) >= 11 is 0. The van der Waals surface area contributed by atoms with Crippen molar-refractivity contribution >= 4 is 5.91 Å². The van der Waals surface area contributed by atoms with E-state index in [-0.39, 0.29) is 23.6 Å². The Bertz CT molecular complexity index is 970. The number of ether oxygens (including phenoxy) is 1. The largest absolute Gasteiger partial charge is 0.381 e. The second-order valence-corrected chi connectivity index (χ2v) is 7.43. The van der Waals surface area contributed by atoms with Gasteiger partial charge in [-0.15, -0.1) is 0 Å². The number of nitrogens with one attached hydrogen (secondary N) is 1. The highest BCUT2D eigenvalue weighted by atomic mass is 19.1. The number of nitrogens with zero attached hydrogens (tertiary/aromatic N) is 3. The van der Waals surface area contributed by atoms with Gasteiger partial charge in [0.25, 0.3) is 0 Å². The second kappa shape index (κ2) is 9.13. The third kappa shape index (κ3) is 4.71. The van der Waals surface area contributed by atoms with Gasteiger partial charge in [0, 0.05) is 56.0 Å². The first kappa shape index (κ1) is 20.2. The lowest BCUT2D eigenvalue weighted by molar-refractivity contribution is -0.121. The van der Waals surface area contributed by atoms with Crippen LogP contribution in [0.3, 0.4) is 0 Å². The molecule has 1 saturated heterocycles. The number of carbonyl (C=O) groups is 1. The standard InChI is InChI=1S/C22H23FN4O3/c23-18-5-3-17(4-6-18)22(9-12-29-13-10-22)15-25-19(28)7-8-20-26-21(27-30-20)16-2-1-11-24-14-16/h1-6,11,14H,7-10,12-13,15H2,(H,25,28). The van der Waals surface area contributed by atoms with Crippen LogP contribution in [0.4, 0.5) is 4.39 Å². The Morgan fingerprint density at radius 3 is 2.70 bits per heavy atom. The quantitative estimate of drug-likeness (QED) is 0.644. The molecule has 1 N–H and O–H groups in total. The van der Waals surface area contributed by atoms with Gasteiger partial charge < -0.3 is 14.6 Å². The molecule has 3 heterocycles. The van der Waals surface area contributed by atoms with E-state index in [9.17, 15) is 9.18 Å². The maximum absolute atomic E-state index is 13.3. The van der Waals surface area contributed by atoms with Crippen LogP contribution in [0.2, 0.25) is 0 Å². The molecular weight excluding hydrogens is 387 g/mol. The predicted molar refractivity (Wildman–Crippen MR) is 107 cm³/mol. The van der Waals surface area contributed by atoms with Crippen LogP contribution in [-0.4, -0.2) is 40.8 Å². The third-order valence-electron chi connectivity index (χ3n) is 5.48. The summed E-state index contributed by atoms with van der Waals surface area (Å²) in [6, 6.07) is 10.2. The molecule has 4 rings (SSSR count). The molecule has 156 valence electrons. The molecule has 0 atom stereocenters. The van der Waals surface area contributed by atoms with E-state index in [1.165, 1.54) is 12.1 Å². The number of carbonyl (C=O) groups excluding carboxylic acids is 1. The average Bonchev–Trinajstić information content (AvgIpc) is 3.27. The molecule has 8 heteroatoms. The minimum Gasteiger partial charge on any atom is -0.381 e. The van der Waals surface area contributed by atoms with E-state index < -0.39 is 0 Å². The van der Waals surface area contributed by atoms with E-state index in [0.717, 1.165) is 24.0 Å². The van der Waals surface area contributed by atoms with Gasteiger partial charge in [-0.1, -0.05) is 17.3 Å². The fraction of sp³-hybridized carbons (Fsp3) is 0.364. The molecule has 0 radical (unpaired) electrons. The fourth-order valence-corrected chi connectivity index (χ4v) is 3.68. The number of benzene rings is 1. The molecule has 3 aromatic rings. The number of halogens is 1. The number of hydrogen-bond donors (Lipinski definition) is 1. The van der Waals surface area contributed by atoms with E-state index >= 15 is 0 Å². The van der Waals surface area contributed by atoms with Crippen molar-refractivity contribution in [3.63, 3.8) is 0 Å². The maximum Gasteiger partial charge on any atom is 0.227 e. The van der Waals surface area contributed by atoms with Crippen molar-refractivity contribution in [3.05, 3.63) is 66.1 Å². The number of amides is 1. The fourth-order valence-electron chi connectivity index (χ4n) is 3.68. The molecule has 0 spiro atoms. The molecule has 1 aliphatic heterocycles. The topological polar surface area (TPSA) is 90.1 Å². The minimum atomic E-state index is -0.268. The first-order valence-corrected chi connectivity index (χ1v) is 9.98. The number of hydrogen-bond acceptors (Lipinski definition) is 6. The first-order chi connectivity index (χ1) is 14.6. The summed E-state index contributed by atoms with van der Waals surface area (Å²) < 4.78 is 24.1. The molecular formula is C22H23FN4O3. The highest BCUT2D eigenvalue weighted by Gasteiger charge is 2.34. The molecule has 1 aromatic carbocycles. The van der Waals surface area contributed by atoms with E-state index in [1.54, 1.807) is 30.6 Å². The second-order valence-electron chi connectivity index (χ2n) is 7.43. The van der Waals surface area contributed by atoms with E-state index in [1.807, 2.05) is 6.07 Å². The van der Waals surface area contributed by atoms with Gasteiger partial charge >= 0.3 is 0 Å². The van der Waals surface area contributed by atoms with Crippen molar-refractivity contribution in [2.45, 2.75) is 31.1 Å². The highest BCUT2D eigenvalue weighted by Crippen LogP contribution is 2.34. The molecule has 7 nitrogen and oxygen atoms in total. The zero-order chi connectivity index (χ0) is 20.8. The first-order valence-electron chi connectivity index (χ1n) is 9.98. The van der Waals surface area contributed by atoms with Crippen LogP contribution >= 0.6 is 0 Å². The van der Waals surface area contributed by atoms with E-state index in [4.69, 9.17) is 9.26 Å². The molecule has 0 unspecified atom stereocenters. The number of pyridine rings is 1. The molecule has 2 aromatic heterocycles. The summed E-state index contributed by atoms with van der Waals surface area (Å²) in [7, 11) is 0. The molecule has 1 fully saturated rings. The van der Waals surface area contributed by atoms with Gasteiger partial charge in [0.05, 0.1) is 0 Å². The molecule has 1 aliphatic rings. The summed E-state index contributed by atoms with van der Waals surface area (Å²) in [5.41, 5.74) is 1.53. The number of aryl methyl sites for hydroxylation is 1. The van der Waals surface area contributed by atoms with Crippen molar-refractivity contribution in [1.29, 1.82) is 0 Å². The number of rotatable bonds is 7. The molecule has 1 amide bonds. The van der Waals surface area contributed by atoms with Crippen LogP contribution in [0, 0.1) is 5.82 Å². The van der Waals surface area contributed by atoms with Gasteiger partial charge in [0.2, 0.25) is 17.6 Å². The van der Waals surface area contributed by atoms with Gasteiger partial charge in [-0.25, -0.2) is 4.39 Å². The Hall–Kier alpha value is -3.13. The van der Waals surface area contributed by atoms with Gasteiger partial charge in [-0.05, 0) is 42.7 Å². The van der Waals surface area contributed by atoms with Crippen LogP contribution in [0.25, 0.3) is 11.4 Å². The van der Waals surface area contributed by atoms with Crippen LogP contribution in [0.1, 0.15) is 30.7 Å². The summed E-state index contributed by atoms with van der Waals surface area (Å²) in [5.74, 6) is 0.499. The van der Waals surface area contributed by atoms with Crippen molar-refractivity contribution in [2.24, 2.45) is 0 Å². The molecule has 30 heavy (non-hydrogen) atoms. The van der Waals surface area contributed by atoms with Crippen molar-refractivity contribution < 1.29 is 18.4 Å². The van der Waals surface area contributed by atoms with Gasteiger partial charge in [-0.3, -0.25) is 9.78 Å². The van der Waals surface area contributed by atoms with Crippen molar-refractivity contribution in [3.8, 4) is 11.4 Å². The Balaban J connectivity index is 1.34. The zero-order valence-corrected chi connectivity index (χ0v) is 16.5. The summed E-state index contributed by atoms with van der Waals surface area (Å²) in [5, 5.41) is 6.97. The Morgan fingerprint density at radius 2 is 1.97 bits per heavy atom. The highest BCUT2D eigenvalue weighted by molar-refractivity contribution is 5.76. The molecule has 0 saturated carbocycles. The predicted octanol–water partition coefficient (Wildman–Crippen LogP) is 3.07. The van der Waals surface area contributed by atoms with Crippen LogP contribution in [0.5, 0.6) is 0 Å². The minimum absolute atomic E-state index is 0.0934. The normalized spacial score (nSPS) is 15.6. The Morgan fingerprint density at radius 1 is 1.17 bits per heavy atom. The number of aromatic nitrogens is 3. The summed E-state index contributed by atoms with van der Waals surface area (Å²) in [6.45, 7) is 1.71. The van der Waals surface area contributed by atoms with Gasteiger partial charge in [0.1, 0.15) is 5.82 Å². The third-order valence-corrected chi connectivity index (χ3v) is 5.48. The summed E-state index contributed by atoms with van der Waals surface area (Å²) in [4.78, 5) is 20.8. The Labute approximate surface area is 173 Å². The maximum atomic E-state index is 13.3. The monoisotopic (exact) mass is 410 g/mol. The molecule has 0 aliphatic carbocycles. The van der Waals surface area contributed by atoms with Gasteiger partial charge in [-0.2, -0.15) is 4.98 Å². The SMILES string of the molecule is O=C(CCc1nc(-c2cccnc2)no1)NCC1(c2ccc(F)cc2)CCOCC1. The van der Waals surface area contributed by atoms with Crippen LogP contribution < -0.4 is 5.32 Å². The van der Waals surface area contributed by atoms with Crippen LogP contribution in [0.15, 0.2) is 53.3 Å². The van der Waals surface area contributed by atoms with E-state index in [2.05, 4.69) is 20.4 Å². The van der Waals surface area contributed by atoms with Gasteiger partial charge in [0.15, 0.2) is 0 Å². The average molecular weight is 410 g/mol. The lowest BCUT2D eigenvalue weighted by Gasteiger charge is -2.38.